The molecule has 0 bridgehead atoms. The number of benzene rings is 1. The summed E-state index contributed by atoms with van der Waals surface area (Å²) in [6.45, 7) is 5.33. The Morgan fingerprint density at radius 3 is 2.89 bits per heavy atom. The van der Waals surface area contributed by atoms with Crippen LogP contribution in [0.5, 0.6) is 0 Å². The molecule has 0 aliphatic carbocycles. The number of nitrogens with zero attached hydrogens (tertiary/aromatic N) is 3. The Bertz CT molecular complexity index is 919. The summed E-state index contributed by atoms with van der Waals surface area (Å²) in [5.74, 6) is 1.60. The van der Waals surface area contributed by atoms with Crippen LogP contribution >= 0.6 is 11.6 Å². The van der Waals surface area contributed by atoms with Gasteiger partial charge in [0.2, 0.25) is 5.91 Å². The number of halogens is 1. The predicted octanol–water partition coefficient (Wildman–Crippen LogP) is 5.09. The number of anilines is 1. The monoisotopic (exact) mass is 384 g/mol. The van der Waals surface area contributed by atoms with Crippen LogP contribution in [0.2, 0.25) is 5.02 Å². The standard InChI is InChI=1S/C21H25ClN4O/c1-15(2)11-13-26-19(25-18-8-5-12-23-21(18)26)9-4-10-20(27)24-17-7-3-6-16(22)14-17/h3,5-8,12,14-15H,4,9-11,13H2,1-2H3,(H,24,27). The van der Waals surface area contributed by atoms with Crippen LogP contribution in [-0.4, -0.2) is 20.4 Å². The third-order valence-corrected chi connectivity index (χ3v) is 4.66. The number of hydrogen-bond acceptors (Lipinski definition) is 3. The molecule has 1 N–H and O–H groups in total. The molecule has 0 spiro atoms. The number of nitrogens with one attached hydrogen (secondary N) is 1. The van der Waals surface area contributed by atoms with Gasteiger partial charge in [-0.2, -0.15) is 0 Å². The molecule has 5 nitrogen and oxygen atoms in total. The van der Waals surface area contributed by atoms with Crippen molar-refractivity contribution in [3.63, 3.8) is 0 Å². The van der Waals surface area contributed by atoms with E-state index in [-0.39, 0.29) is 5.91 Å². The Morgan fingerprint density at radius 1 is 1.26 bits per heavy atom. The lowest BCUT2D eigenvalue weighted by Crippen LogP contribution is -2.12. The van der Waals surface area contributed by atoms with Crippen molar-refractivity contribution in [2.24, 2.45) is 5.92 Å². The minimum absolute atomic E-state index is 0.0137. The first-order valence-corrected chi connectivity index (χ1v) is 9.76. The maximum atomic E-state index is 12.2. The third kappa shape index (κ3) is 5.30. The zero-order valence-corrected chi connectivity index (χ0v) is 16.5. The molecular formula is C21H25ClN4O. The normalized spacial score (nSPS) is 11.3. The van der Waals surface area contributed by atoms with Crippen molar-refractivity contribution in [3.8, 4) is 0 Å². The molecule has 0 saturated heterocycles. The second-order valence-corrected chi connectivity index (χ2v) is 7.56. The fourth-order valence-electron chi connectivity index (χ4n) is 3.02. The van der Waals surface area contributed by atoms with Crippen molar-refractivity contribution in [2.75, 3.05) is 5.32 Å². The fourth-order valence-corrected chi connectivity index (χ4v) is 3.21. The van der Waals surface area contributed by atoms with Crippen LogP contribution in [0.4, 0.5) is 5.69 Å². The average Bonchev–Trinajstić information content (AvgIpc) is 2.97. The Labute approximate surface area is 164 Å². The van der Waals surface area contributed by atoms with Gasteiger partial charge in [0.15, 0.2) is 5.65 Å². The molecule has 1 aromatic carbocycles. The van der Waals surface area contributed by atoms with E-state index in [1.54, 1.807) is 18.3 Å². The van der Waals surface area contributed by atoms with E-state index >= 15 is 0 Å². The lowest BCUT2D eigenvalue weighted by molar-refractivity contribution is -0.116. The first-order chi connectivity index (χ1) is 13.0. The number of aromatic nitrogens is 3. The van der Waals surface area contributed by atoms with E-state index in [2.05, 4.69) is 28.7 Å². The summed E-state index contributed by atoms with van der Waals surface area (Å²) in [5.41, 5.74) is 2.57. The van der Waals surface area contributed by atoms with Crippen LogP contribution in [0.1, 0.15) is 38.9 Å². The molecule has 6 heteroatoms. The smallest absolute Gasteiger partial charge is 0.224 e. The molecule has 0 atom stereocenters. The summed E-state index contributed by atoms with van der Waals surface area (Å²) in [7, 11) is 0. The van der Waals surface area contributed by atoms with Gasteiger partial charge in [0.05, 0.1) is 0 Å². The summed E-state index contributed by atoms with van der Waals surface area (Å²) < 4.78 is 2.20. The van der Waals surface area contributed by atoms with Crippen LogP contribution in [0.25, 0.3) is 11.2 Å². The average molecular weight is 385 g/mol. The second kappa shape index (κ2) is 9.00. The molecule has 3 aromatic rings. The highest BCUT2D eigenvalue weighted by Gasteiger charge is 2.12. The van der Waals surface area contributed by atoms with Gasteiger partial charge in [0.1, 0.15) is 11.3 Å². The van der Waals surface area contributed by atoms with E-state index in [1.807, 2.05) is 24.3 Å². The van der Waals surface area contributed by atoms with Gasteiger partial charge in [-0.15, -0.1) is 0 Å². The maximum absolute atomic E-state index is 12.2. The molecular weight excluding hydrogens is 360 g/mol. The number of aryl methyl sites for hydroxylation is 2. The van der Waals surface area contributed by atoms with Crippen molar-refractivity contribution >= 4 is 34.4 Å². The quantitative estimate of drug-likeness (QED) is 0.588. The number of hydrogen-bond donors (Lipinski definition) is 1. The molecule has 0 saturated carbocycles. The fraction of sp³-hybridized carbons (Fsp3) is 0.381. The zero-order valence-electron chi connectivity index (χ0n) is 15.8. The van der Waals surface area contributed by atoms with E-state index in [4.69, 9.17) is 16.6 Å². The SMILES string of the molecule is CC(C)CCn1c(CCCC(=O)Nc2cccc(Cl)c2)nc2cccnc21. The van der Waals surface area contributed by atoms with E-state index in [0.29, 0.717) is 17.4 Å². The van der Waals surface area contributed by atoms with Gasteiger partial charge >= 0.3 is 0 Å². The van der Waals surface area contributed by atoms with Gasteiger partial charge in [-0.1, -0.05) is 31.5 Å². The summed E-state index contributed by atoms with van der Waals surface area (Å²) in [4.78, 5) is 21.4. The van der Waals surface area contributed by atoms with Crippen molar-refractivity contribution < 1.29 is 4.79 Å². The lowest BCUT2D eigenvalue weighted by Gasteiger charge is -2.10. The number of carbonyl (C=O) groups is 1. The highest BCUT2D eigenvalue weighted by atomic mass is 35.5. The number of fused-ring (bicyclic) bond motifs is 1. The molecule has 0 aliphatic rings. The second-order valence-electron chi connectivity index (χ2n) is 7.12. The van der Waals surface area contributed by atoms with Gasteiger partial charge < -0.3 is 9.88 Å². The first-order valence-electron chi connectivity index (χ1n) is 9.38. The Kier molecular flexibility index (Phi) is 6.45. The Hall–Kier alpha value is -2.40. The predicted molar refractivity (Wildman–Crippen MR) is 110 cm³/mol. The first kappa shape index (κ1) is 19.4. The minimum Gasteiger partial charge on any atom is -0.326 e. The Morgan fingerprint density at radius 2 is 2.11 bits per heavy atom. The summed E-state index contributed by atoms with van der Waals surface area (Å²) in [5, 5.41) is 3.50. The van der Waals surface area contributed by atoms with Crippen molar-refractivity contribution in [2.45, 2.75) is 46.1 Å². The van der Waals surface area contributed by atoms with Gasteiger partial charge in [0.25, 0.3) is 0 Å². The number of rotatable bonds is 8. The summed E-state index contributed by atoms with van der Waals surface area (Å²) >= 11 is 5.95. The largest absolute Gasteiger partial charge is 0.326 e. The molecule has 0 fully saturated rings. The van der Waals surface area contributed by atoms with Crippen LogP contribution in [0.15, 0.2) is 42.6 Å². The molecule has 0 radical (unpaired) electrons. The summed E-state index contributed by atoms with van der Waals surface area (Å²) in [6, 6.07) is 11.1. The third-order valence-electron chi connectivity index (χ3n) is 4.43. The molecule has 142 valence electrons. The van der Waals surface area contributed by atoms with Crippen LogP contribution < -0.4 is 5.32 Å². The van der Waals surface area contributed by atoms with E-state index in [1.165, 1.54) is 0 Å². The zero-order chi connectivity index (χ0) is 19.2. The molecule has 0 aliphatic heterocycles. The number of carbonyl (C=O) groups excluding carboxylic acids is 1. The number of amides is 1. The number of pyridine rings is 1. The molecule has 2 aromatic heterocycles. The van der Waals surface area contributed by atoms with Gasteiger partial charge in [-0.05, 0) is 49.1 Å². The number of imidazole rings is 1. The van der Waals surface area contributed by atoms with E-state index in [9.17, 15) is 4.79 Å². The van der Waals surface area contributed by atoms with Crippen LogP contribution in [-0.2, 0) is 17.8 Å². The molecule has 27 heavy (non-hydrogen) atoms. The molecule has 3 rings (SSSR count). The maximum Gasteiger partial charge on any atom is 0.224 e. The van der Waals surface area contributed by atoms with Crippen molar-refractivity contribution in [1.29, 1.82) is 0 Å². The van der Waals surface area contributed by atoms with E-state index < -0.39 is 0 Å². The topological polar surface area (TPSA) is 59.8 Å². The van der Waals surface area contributed by atoms with Gasteiger partial charge in [0, 0.05) is 36.3 Å². The van der Waals surface area contributed by atoms with Crippen molar-refractivity contribution in [3.05, 3.63) is 53.4 Å². The lowest BCUT2D eigenvalue weighted by atomic mass is 10.1. The Balaban J connectivity index is 1.62. The minimum atomic E-state index is -0.0137. The molecule has 2 heterocycles. The molecule has 1 amide bonds. The van der Waals surface area contributed by atoms with Gasteiger partial charge in [-0.25, -0.2) is 9.97 Å². The van der Waals surface area contributed by atoms with Crippen LogP contribution in [0.3, 0.4) is 0 Å². The highest BCUT2D eigenvalue weighted by molar-refractivity contribution is 6.30. The van der Waals surface area contributed by atoms with Crippen LogP contribution in [0, 0.1) is 5.92 Å². The van der Waals surface area contributed by atoms with Gasteiger partial charge in [-0.3, -0.25) is 4.79 Å². The highest BCUT2D eigenvalue weighted by Crippen LogP contribution is 2.18. The summed E-state index contributed by atoms with van der Waals surface area (Å²) in [6.07, 6.45) is 4.80. The van der Waals surface area contributed by atoms with E-state index in [0.717, 1.165) is 48.5 Å². The molecule has 0 unspecified atom stereocenters. The van der Waals surface area contributed by atoms with Crippen molar-refractivity contribution in [1.82, 2.24) is 14.5 Å².